The number of rotatable bonds is 2. The van der Waals surface area contributed by atoms with E-state index >= 15 is 0 Å². The van der Waals surface area contributed by atoms with Crippen molar-refractivity contribution in [1.82, 2.24) is 5.32 Å². The molecule has 0 aliphatic heterocycles. The van der Waals surface area contributed by atoms with Crippen LogP contribution in [0.25, 0.3) is 0 Å². The Morgan fingerprint density at radius 1 is 1.50 bits per heavy atom. The van der Waals surface area contributed by atoms with Gasteiger partial charge in [-0.05, 0) is 18.6 Å². The molecule has 0 spiro atoms. The van der Waals surface area contributed by atoms with Crippen molar-refractivity contribution in [3.8, 4) is 0 Å². The predicted octanol–water partition coefficient (Wildman–Crippen LogP) is 1.26. The molecule has 1 aromatic rings. The highest BCUT2D eigenvalue weighted by Crippen LogP contribution is 2.16. The van der Waals surface area contributed by atoms with Crippen LogP contribution in [0, 0.1) is 17.0 Å². The smallest absolute Gasteiger partial charge is 0.269 e. The molecule has 1 aromatic carbocycles. The van der Waals surface area contributed by atoms with E-state index in [4.69, 9.17) is 0 Å². The van der Waals surface area contributed by atoms with Gasteiger partial charge in [-0.2, -0.15) is 0 Å². The Labute approximate surface area is 80.9 Å². The van der Waals surface area contributed by atoms with Crippen LogP contribution in [0.5, 0.6) is 0 Å². The van der Waals surface area contributed by atoms with E-state index in [1.165, 1.54) is 25.2 Å². The number of carbonyl (C=O) groups excluding carboxylic acids is 1. The van der Waals surface area contributed by atoms with Gasteiger partial charge in [0, 0.05) is 24.7 Å². The summed E-state index contributed by atoms with van der Waals surface area (Å²) in [5.74, 6) is -0.239. The van der Waals surface area contributed by atoms with Crippen molar-refractivity contribution in [3.05, 3.63) is 39.4 Å². The molecule has 0 radical (unpaired) electrons. The molecule has 0 heterocycles. The fourth-order valence-electron chi connectivity index (χ4n) is 1.15. The summed E-state index contributed by atoms with van der Waals surface area (Å²) in [5, 5.41) is 12.9. The first-order valence-electron chi connectivity index (χ1n) is 4.03. The SMILES string of the molecule is CNC(=O)c1ccc([N+](=O)[O-])cc1C. The minimum atomic E-state index is -0.485. The van der Waals surface area contributed by atoms with Gasteiger partial charge in [-0.25, -0.2) is 0 Å². The summed E-state index contributed by atoms with van der Waals surface area (Å²) in [5.41, 5.74) is 1.05. The number of benzene rings is 1. The molecule has 74 valence electrons. The van der Waals surface area contributed by atoms with Crippen molar-refractivity contribution in [3.63, 3.8) is 0 Å². The summed E-state index contributed by atoms with van der Waals surface area (Å²) < 4.78 is 0. The molecule has 0 unspecified atom stereocenters. The molecule has 1 amide bonds. The van der Waals surface area contributed by atoms with Crippen LogP contribution in [0.2, 0.25) is 0 Å². The highest BCUT2D eigenvalue weighted by Gasteiger charge is 2.11. The lowest BCUT2D eigenvalue weighted by molar-refractivity contribution is -0.384. The number of nitro groups is 1. The fraction of sp³-hybridized carbons (Fsp3) is 0.222. The molecule has 1 rings (SSSR count). The van der Waals surface area contributed by atoms with E-state index < -0.39 is 4.92 Å². The van der Waals surface area contributed by atoms with E-state index in [0.717, 1.165) is 0 Å². The molecular formula is C9H10N2O3. The lowest BCUT2D eigenvalue weighted by Crippen LogP contribution is -2.18. The van der Waals surface area contributed by atoms with Gasteiger partial charge in [0.25, 0.3) is 11.6 Å². The Bertz CT molecular complexity index is 388. The molecule has 0 saturated carbocycles. The van der Waals surface area contributed by atoms with Gasteiger partial charge in [0.1, 0.15) is 0 Å². The number of nitrogens with zero attached hydrogens (tertiary/aromatic N) is 1. The molecule has 0 bridgehead atoms. The van der Waals surface area contributed by atoms with Crippen LogP contribution in [0.3, 0.4) is 0 Å². The maximum atomic E-state index is 11.2. The lowest BCUT2D eigenvalue weighted by atomic mass is 10.1. The molecule has 5 nitrogen and oxygen atoms in total. The predicted molar refractivity (Wildman–Crippen MR) is 51.2 cm³/mol. The van der Waals surface area contributed by atoms with E-state index in [9.17, 15) is 14.9 Å². The van der Waals surface area contributed by atoms with Crippen LogP contribution in [0.1, 0.15) is 15.9 Å². The zero-order valence-electron chi connectivity index (χ0n) is 7.90. The van der Waals surface area contributed by atoms with Crippen molar-refractivity contribution in [2.45, 2.75) is 6.92 Å². The number of amides is 1. The van der Waals surface area contributed by atoms with Crippen molar-refractivity contribution in [1.29, 1.82) is 0 Å². The fourth-order valence-corrected chi connectivity index (χ4v) is 1.15. The second-order valence-corrected chi connectivity index (χ2v) is 2.84. The van der Waals surface area contributed by atoms with Gasteiger partial charge in [-0.1, -0.05) is 0 Å². The van der Waals surface area contributed by atoms with E-state index in [2.05, 4.69) is 5.32 Å². The summed E-state index contributed by atoms with van der Waals surface area (Å²) in [6.45, 7) is 1.66. The van der Waals surface area contributed by atoms with Gasteiger partial charge in [-0.15, -0.1) is 0 Å². The number of non-ortho nitro benzene ring substituents is 1. The minimum absolute atomic E-state index is 0.00449. The number of aryl methyl sites for hydroxylation is 1. The second-order valence-electron chi connectivity index (χ2n) is 2.84. The first-order chi connectivity index (χ1) is 6.56. The van der Waals surface area contributed by atoms with Crippen LogP contribution >= 0.6 is 0 Å². The lowest BCUT2D eigenvalue weighted by Gasteiger charge is -2.03. The normalized spacial score (nSPS) is 9.57. The van der Waals surface area contributed by atoms with E-state index in [1.54, 1.807) is 6.92 Å². The Kier molecular flexibility index (Phi) is 2.81. The van der Waals surface area contributed by atoms with Crippen molar-refractivity contribution >= 4 is 11.6 Å². The summed E-state index contributed by atoms with van der Waals surface area (Å²) in [6.07, 6.45) is 0. The largest absolute Gasteiger partial charge is 0.355 e. The molecule has 0 aliphatic carbocycles. The van der Waals surface area contributed by atoms with Crippen molar-refractivity contribution in [2.24, 2.45) is 0 Å². The molecular weight excluding hydrogens is 184 g/mol. The highest BCUT2D eigenvalue weighted by molar-refractivity contribution is 5.95. The molecule has 5 heteroatoms. The maximum Gasteiger partial charge on any atom is 0.269 e. The van der Waals surface area contributed by atoms with Gasteiger partial charge in [0.05, 0.1) is 4.92 Å². The summed E-state index contributed by atoms with van der Waals surface area (Å²) in [6, 6.07) is 4.15. The Morgan fingerprint density at radius 2 is 2.14 bits per heavy atom. The first-order valence-corrected chi connectivity index (χ1v) is 4.03. The minimum Gasteiger partial charge on any atom is -0.355 e. The zero-order chi connectivity index (χ0) is 10.7. The van der Waals surface area contributed by atoms with Crippen LogP contribution in [-0.2, 0) is 0 Å². The van der Waals surface area contributed by atoms with Gasteiger partial charge in [0.15, 0.2) is 0 Å². The summed E-state index contributed by atoms with van der Waals surface area (Å²) in [7, 11) is 1.52. The standard InChI is InChI=1S/C9H10N2O3/c1-6-5-7(11(13)14)3-4-8(6)9(12)10-2/h3-5H,1-2H3,(H,10,12). The molecule has 0 aliphatic rings. The Hall–Kier alpha value is -1.91. The topological polar surface area (TPSA) is 72.2 Å². The van der Waals surface area contributed by atoms with Crippen LogP contribution in [0.15, 0.2) is 18.2 Å². The van der Waals surface area contributed by atoms with E-state index in [0.29, 0.717) is 11.1 Å². The third kappa shape index (κ3) is 1.87. The van der Waals surface area contributed by atoms with E-state index in [-0.39, 0.29) is 11.6 Å². The van der Waals surface area contributed by atoms with E-state index in [1.807, 2.05) is 0 Å². The number of carbonyl (C=O) groups is 1. The van der Waals surface area contributed by atoms with Crippen LogP contribution in [-0.4, -0.2) is 17.9 Å². The highest BCUT2D eigenvalue weighted by atomic mass is 16.6. The number of nitrogens with one attached hydrogen (secondary N) is 1. The Morgan fingerprint density at radius 3 is 2.57 bits per heavy atom. The Balaban J connectivity index is 3.14. The summed E-state index contributed by atoms with van der Waals surface area (Å²) in [4.78, 5) is 21.2. The van der Waals surface area contributed by atoms with Gasteiger partial charge in [-0.3, -0.25) is 14.9 Å². The molecule has 1 N–H and O–H groups in total. The summed E-state index contributed by atoms with van der Waals surface area (Å²) >= 11 is 0. The average molecular weight is 194 g/mol. The molecule has 0 fully saturated rings. The first kappa shape index (κ1) is 10.2. The number of hydrogen-bond acceptors (Lipinski definition) is 3. The number of nitro benzene ring substituents is 1. The van der Waals surface area contributed by atoms with Gasteiger partial charge >= 0.3 is 0 Å². The quantitative estimate of drug-likeness (QED) is 0.569. The van der Waals surface area contributed by atoms with Crippen molar-refractivity contribution in [2.75, 3.05) is 7.05 Å². The molecule has 0 atom stereocenters. The third-order valence-electron chi connectivity index (χ3n) is 1.89. The average Bonchev–Trinajstić information content (AvgIpc) is 2.16. The van der Waals surface area contributed by atoms with Gasteiger partial charge < -0.3 is 5.32 Å². The third-order valence-corrected chi connectivity index (χ3v) is 1.89. The molecule has 14 heavy (non-hydrogen) atoms. The second kappa shape index (κ2) is 3.87. The van der Waals surface area contributed by atoms with Crippen LogP contribution in [0.4, 0.5) is 5.69 Å². The van der Waals surface area contributed by atoms with Crippen LogP contribution < -0.4 is 5.32 Å². The molecule has 0 saturated heterocycles. The van der Waals surface area contributed by atoms with Crippen molar-refractivity contribution < 1.29 is 9.72 Å². The monoisotopic (exact) mass is 194 g/mol. The van der Waals surface area contributed by atoms with Gasteiger partial charge in [0.2, 0.25) is 0 Å². The number of hydrogen-bond donors (Lipinski definition) is 1. The maximum absolute atomic E-state index is 11.2. The molecule has 0 aromatic heterocycles. The zero-order valence-corrected chi connectivity index (χ0v) is 7.90.